The Hall–Kier alpha value is -1.58. The van der Waals surface area contributed by atoms with Crippen molar-refractivity contribution in [1.82, 2.24) is 4.31 Å². The highest BCUT2D eigenvalue weighted by Crippen LogP contribution is 2.25. The number of likely N-dealkylation sites (N-methyl/N-ethyl adjacent to an activating group) is 1. The Labute approximate surface area is 120 Å². The Kier molecular flexibility index (Phi) is 4.26. The molecular formula is C12H13F2NO5S. The SMILES string of the molecule is CN(C1COCC1C(=O)O)S(=O)(=O)c1cc(F)cc(F)c1. The van der Waals surface area contributed by atoms with E-state index >= 15 is 0 Å². The second-order valence-electron chi connectivity index (χ2n) is 4.68. The number of carboxylic acids is 1. The van der Waals surface area contributed by atoms with E-state index < -0.39 is 44.5 Å². The van der Waals surface area contributed by atoms with Gasteiger partial charge in [0.05, 0.1) is 30.1 Å². The van der Waals surface area contributed by atoms with Crippen LogP contribution >= 0.6 is 0 Å². The molecule has 1 fully saturated rings. The van der Waals surface area contributed by atoms with Crippen LogP contribution in [0.1, 0.15) is 0 Å². The van der Waals surface area contributed by atoms with Gasteiger partial charge in [-0.25, -0.2) is 17.2 Å². The molecule has 9 heteroatoms. The molecule has 0 bridgehead atoms. The molecular weight excluding hydrogens is 308 g/mol. The zero-order valence-electron chi connectivity index (χ0n) is 11.0. The average Bonchev–Trinajstić information content (AvgIpc) is 2.85. The summed E-state index contributed by atoms with van der Waals surface area (Å²) in [6.07, 6.45) is 0. The summed E-state index contributed by atoms with van der Waals surface area (Å²) in [5.74, 6) is -4.27. The predicted octanol–water partition coefficient (Wildman–Crippen LogP) is 0.685. The standard InChI is InChI=1S/C12H13F2NO5S/c1-15(11-6-20-5-10(11)12(16)17)21(18,19)9-3-7(13)2-8(14)4-9/h2-4,10-11H,5-6H2,1H3,(H,16,17). The molecule has 2 atom stereocenters. The Morgan fingerprint density at radius 3 is 2.38 bits per heavy atom. The number of benzene rings is 1. The van der Waals surface area contributed by atoms with E-state index in [0.29, 0.717) is 18.2 Å². The van der Waals surface area contributed by atoms with Gasteiger partial charge in [-0.2, -0.15) is 4.31 Å². The number of halogens is 2. The highest BCUT2D eigenvalue weighted by molar-refractivity contribution is 7.89. The number of aliphatic carboxylic acids is 1. The molecule has 0 aromatic heterocycles. The van der Waals surface area contributed by atoms with E-state index in [1.54, 1.807) is 0 Å². The van der Waals surface area contributed by atoms with E-state index in [4.69, 9.17) is 9.84 Å². The molecule has 1 aromatic rings. The lowest BCUT2D eigenvalue weighted by Gasteiger charge is -2.25. The van der Waals surface area contributed by atoms with Crippen LogP contribution in [0.25, 0.3) is 0 Å². The largest absolute Gasteiger partial charge is 0.481 e. The van der Waals surface area contributed by atoms with Gasteiger partial charge < -0.3 is 9.84 Å². The first-order valence-electron chi connectivity index (χ1n) is 5.98. The second-order valence-corrected chi connectivity index (χ2v) is 6.67. The summed E-state index contributed by atoms with van der Waals surface area (Å²) in [6.45, 7) is -0.206. The lowest BCUT2D eigenvalue weighted by atomic mass is 10.1. The first-order valence-corrected chi connectivity index (χ1v) is 7.42. The van der Waals surface area contributed by atoms with Crippen molar-refractivity contribution in [3.63, 3.8) is 0 Å². The van der Waals surface area contributed by atoms with Crippen LogP contribution < -0.4 is 0 Å². The van der Waals surface area contributed by atoms with Gasteiger partial charge in [-0.15, -0.1) is 0 Å². The van der Waals surface area contributed by atoms with Gasteiger partial charge in [-0.05, 0) is 12.1 Å². The van der Waals surface area contributed by atoms with Crippen LogP contribution in [0.2, 0.25) is 0 Å². The molecule has 1 aromatic carbocycles. The van der Waals surface area contributed by atoms with Crippen LogP contribution in [-0.4, -0.2) is 50.1 Å². The zero-order chi connectivity index (χ0) is 15.8. The molecule has 0 amide bonds. The smallest absolute Gasteiger partial charge is 0.310 e. The van der Waals surface area contributed by atoms with Gasteiger partial charge in [0.2, 0.25) is 10.0 Å². The molecule has 2 unspecified atom stereocenters. The molecule has 6 nitrogen and oxygen atoms in total. The van der Waals surface area contributed by atoms with Gasteiger partial charge in [0.1, 0.15) is 11.6 Å². The molecule has 0 radical (unpaired) electrons. The minimum absolute atomic E-state index is 0.0928. The first kappa shape index (κ1) is 15.8. The van der Waals surface area contributed by atoms with E-state index in [-0.39, 0.29) is 13.2 Å². The third-order valence-corrected chi connectivity index (χ3v) is 5.21. The molecule has 1 N–H and O–H groups in total. The van der Waals surface area contributed by atoms with Crippen molar-refractivity contribution in [3.8, 4) is 0 Å². The molecule has 2 rings (SSSR count). The molecule has 1 aliphatic heterocycles. The van der Waals surface area contributed by atoms with Crippen LogP contribution in [0, 0.1) is 17.6 Å². The third-order valence-electron chi connectivity index (χ3n) is 3.35. The predicted molar refractivity (Wildman–Crippen MR) is 67.0 cm³/mol. The normalized spacial score (nSPS) is 22.7. The molecule has 21 heavy (non-hydrogen) atoms. The summed E-state index contributed by atoms with van der Waals surface area (Å²) in [4.78, 5) is 10.5. The van der Waals surface area contributed by atoms with Crippen LogP contribution in [-0.2, 0) is 19.6 Å². The number of carboxylic acid groups (broad SMARTS) is 1. The fourth-order valence-corrected chi connectivity index (χ4v) is 3.58. The highest BCUT2D eigenvalue weighted by atomic mass is 32.2. The van der Waals surface area contributed by atoms with Crippen molar-refractivity contribution in [2.24, 2.45) is 5.92 Å². The van der Waals surface area contributed by atoms with Gasteiger partial charge in [-0.1, -0.05) is 0 Å². The average molecular weight is 321 g/mol. The summed E-state index contributed by atoms with van der Waals surface area (Å²) >= 11 is 0. The Bertz CT molecular complexity index is 643. The van der Waals surface area contributed by atoms with E-state index in [1.807, 2.05) is 0 Å². The summed E-state index contributed by atoms with van der Waals surface area (Å²) in [5.41, 5.74) is 0. The number of nitrogens with zero attached hydrogens (tertiary/aromatic N) is 1. The molecule has 1 aliphatic rings. The summed E-state index contributed by atoms with van der Waals surface area (Å²) in [5, 5.41) is 9.04. The van der Waals surface area contributed by atoms with E-state index in [1.165, 1.54) is 0 Å². The lowest BCUT2D eigenvalue weighted by molar-refractivity contribution is -0.142. The first-order chi connectivity index (χ1) is 9.73. The van der Waals surface area contributed by atoms with E-state index in [2.05, 4.69) is 0 Å². The maximum Gasteiger partial charge on any atom is 0.310 e. The molecule has 0 spiro atoms. The molecule has 1 saturated heterocycles. The number of sulfonamides is 1. The number of hydrogen-bond donors (Lipinski definition) is 1. The van der Waals surface area contributed by atoms with Crippen molar-refractivity contribution >= 4 is 16.0 Å². The van der Waals surface area contributed by atoms with Crippen LogP contribution in [0.4, 0.5) is 8.78 Å². The number of carbonyl (C=O) groups is 1. The van der Waals surface area contributed by atoms with Crippen molar-refractivity contribution in [1.29, 1.82) is 0 Å². The molecule has 116 valence electrons. The lowest BCUT2D eigenvalue weighted by Crippen LogP contribution is -2.44. The van der Waals surface area contributed by atoms with Crippen molar-refractivity contribution in [3.05, 3.63) is 29.8 Å². The number of hydrogen-bond acceptors (Lipinski definition) is 4. The van der Waals surface area contributed by atoms with Crippen molar-refractivity contribution in [2.75, 3.05) is 20.3 Å². The fraction of sp³-hybridized carbons (Fsp3) is 0.417. The van der Waals surface area contributed by atoms with Crippen molar-refractivity contribution in [2.45, 2.75) is 10.9 Å². The van der Waals surface area contributed by atoms with E-state index in [9.17, 15) is 22.0 Å². The summed E-state index contributed by atoms with van der Waals surface area (Å²) in [7, 11) is -3.06. The van der Waals surface area contributed by atoms with Gasteiger partial charge in [-0.3, -0.25) is 4.79 Å². The monoisotopic (exact) mass is 321 g/mol. The number of rotatable bonds is 4. The van der Waals surface area contributed by atoms with Crippen LogP contribution in [0.5, 0.6) is 0 Å². The van der Waals surface area contributed by atoms with Crippen LogP contribution in [0.15, 0.2) is 23.1 Å². The zero-order valence-corrected chi connectivity index (χ0v) is 11.8. The van der Waals surface area contributed by atoms with Gasteiger partial charge in [0.25, 0.3) is 0 Å². The van der Waals surface area contributed by atoms with Crippen LogP contribution in [0.3, 0.4) is 0 Å². The summed E-state index contributed by atoms with van der Waals surface area (Å²) in [6, 6.07) is 0.984. The Morgan fingerprint density at radius 2 is 1.86 bits per heavy atom. The Balaban J connectivity index is 2.36. The quantitative estimate of drug-likeness (QED) is 0.882. The molecule has 1 heterocycles. The maximum atomic E-state index is 13.2. The van der Waals surface area contributed by atoms with Gasteiger partial charge >= 0.3 is 5.97 Å². The van der Waals surface area contributed by atoms with Crippen molar-refractivity contribution < 1.29 is 31.8 Å². The minimum atomic E-state index is -4.22. The molecule has 0 aliphatic carbocycles. The summed E-state index contributed by atoms with van der Waals surface area (Å²) < 4.78 is 56.8. The fourth-order valence-electron chi connectivity index (χ4n) is 2.16. The van der Waals surface area contributed by atoms with E-state index in [0.717, 1.165) is 11.4 Å². The van der Waals surface area contributed by atoms with Gasteiger partial charge in [0.15, 0.2) is 0 Å². The minimum Gasteiger partial charge on any atom is -0.481 e. The van der Waals surface area contributed by atoms with Gasteiger partial charge in [0, 0.05) is 13.1 Å². The third kappa shape index (κ3) is 3.04. The highest BCUT2D eigenvalue weighted by Gasteiger charge is 2.41. The maximum absolute atomic E-state index is 13.2. The second kappa shape index (κ2) is 5.66. The Morgan fingerprint density at radius 1 is 1.29 bits per heavy atom. The molecule has 0 saturated carbocycles. The topological polar surface area (TPSA) is 83.9 Å². The number of ether oxygens (including phenoxy) is 1.